The first kappa shape index (κ1) is 13.2. The number of halogens is 1. The van der Waals surface area contributed by atoms with Crippen molar-refractivity contribution in [1.82, 2.24) is 14.6 Å². The minimum absolute atomic E-state index is 0.0143. The zero-order chi connectivity index (χ0) is 14.4. The van der Waals surface area contributed by atoms with Crippen LogP contribution in [0.25, 0.3) is 5.52 Å². The van der Waals surface area contributed by atoms with E-state index in [1.807, 2.05) is 35.0 Å². The first-order chi connectivity index (χ1) is 10.2. The minimum Gasteiger partial charge on any atom is -0.348 e. The van der Waals surface area contributed by atoms with Crippen LogP contribution in [0.1, 0.15) is 23.2 Å². The van der Waals surface area contributed by atoms with Gasteiger partial charge in [0, 0.05) is 25.0 Å². The Hall–Kier alpha value is -1.52. The molecule has 5 heteroatoms. The molecule has 5 heterocycles. The number of nitrogens with one attached hydrogen (secondary N) is 1. The van der Waals surface area contributed by atoms with E-state index in [0.717, 1.165) is 12.1 Å². The lowest BCUT2D eigenvalue weighted by Gasteiger charge is -2.44. The molecule has 0 spiro atoms. The Morgan fingerprint density at radius 2 is 2.05 bits per heavy atom. The van der Waals surface area contributed by atoms with Crippen LogP contribution in [-0.2, 0) is 0 Å². The highest BCUT2D eigenvalue weighted by atomic mass is 35.5. The highest BCUT2D eigenvalue weighted by Gasteiger charge is 2.34. The summed E-state index contributed by atoms with van der Waals surface area (Å²) in [5.41, 5.74) is 1.61. The number of hydrogen-bond donors (Lipinski definition) is 1. The van der Waals surface area contributed by atoms with Gasteiger partial charge in [0.2, 0.25) is 0 Å². The largest absolute Gasteiger partial charge is 0.348 e. The van der Waals surface area contributed by atoms with E-state index < -0.39 is 0 Å². The summed E-state index contributed by atoms with van der Waals surface area (Å²) < 4.78 is 1.90. The zero-order valence-electron chi connectivity index (χ0n) is 11.8. The second-order valence-electron chi connectivity index (χ2n) is 6.09. The monoisotopic (exact) mass is 303 g/mol. The molecule has 2 aromatic rings. The van der Waals surface area contributed by atoms with Gasteiger partial charge in [-0.25, -0.2) is 0 Å². The maximum atomic E-state index is 12.5. The van der Waals surface area contributed by atoms with E-state index >= 15 is 0 Å². The summed E-state index contributed by atoms with van der Waals surface area (Å²) in [4.78, 5) is 14.9. The normalized spacial score (nSPS) is 28.0. The van der Waals surface area contributed by atoms with Gasteiger partial charge in [-0.3, -0.25) is 4.79 Å². The number of piperidine rings is 3. The van der Waals surface area contributed by atoms with Gasteiger partial charge in [0.05, 0.1) is 16.1 Å². The number of rotatable bonds is 2. The lowest BCUT2D eigenvalue weighted by molar-refractivity contribution is 0.0620. The average Bonchev–Trinajstić information content (AvgIpc) is 2.89. The van der Waals surface area contributed by atoms with Crippen molar-refractivity contribution in [3.8, 4) is 0 Å². The summed E-state index contributed by atoms with van der Waals surface area (Å²) in [5, 5.41) is 3.92. The molecule has 1 atom stereocenters. The van der Waals surface area contributed by atoms with E-state index in [2.05, 4.69) is 10.2 Å². The van der Waals surface area contributed by atoms with Crippen molar-refractivity contribution in [3.05, 3.63) is 41.2 Å². The molecular formula is C16H18ClN3O. The molecule has 0 saturated carbocycles. The van der Waals surface area contributed by atoms with Crippen molar-refractivity contribution in [1.29, 1.82) is 0 Å². The Morgan fingerprint density at radius 1 is 1.24 bits per heavy atom. The topological polar surface area (TPSA) is 36.8 Å². The third-order valence-electron chi connectivity index (χ3n) is 4.84. The summed E-state index contributed by atoms with van der Waals surface area (Å²) in [5.74, 6) is 0.657. The summed E-state index contributed by atoms with van der Waals surface area (Å²) in [6.07, 6.45) is 6.13. The molecule has 1 amide bonds. The van der Waals surface area contributed by atoms with Crippen molar-refractivity contribution in [2.24, 2.45) is 5.92 Å². The van der Waals surface area contributed by atoms with E-state index in [1.54, 1.807) is 0 Å². The minimum atomic E-state index is 0.0143. The van der Waals surface area contributed by atoms with Gasteiger partial charge in [0.1, 0.15) is 0 Å². The number of pyridine rings is 1. The van der Waals surface area contributed by atoms with Crippen LogP contribution in [0.5, 0.6) is 0 Å². The summed E-state index contributed by atoms with van der Waals surface area (Å²) in [6.45, 7) is 3.36. The van der Waals surface area contributed by atoms with Crippen LogP contribution in [0, 0.1) is 5.92 Å². The number of carbonyl (C=O) groups is 1. The fraction of sp³-hybridized carbons (Fsp3) is 0.438. The molecular weight excluding hydrogens is 286 g/mol. The third kappa shape index (κ3) is 2.32. The number of carbonyl (C=O) groups excluding carboxylic acids is 1. The average molecular weight is 304 g/mol. The molecule has 3 fully saturated rings. The molecule has 3 aliphatic heterocycles. The summed E-state index contributed by atoms with van der Waals surface area (Å²) >= 11 is 6.08. The standard InChI is InChI=1S/C16H18ClN3O/c17-13-5-8-20-9-12(1-2-15(13)20)16(21)18-14-10-19-6-3-11(14)4-7-19/h1-2,5,8-9,11,14H,3-4,6-7,10H2,(H,18,21). The zero-order valence-corrected chi connectivity index (χ0v) is 12.5. The van der Waals surface area contributed by atoms with Gasteiger partial charge < -0.3 is 14.6 Å². The Bertz CT molecular complexity index is 688. The molecule has 1 N–H and O–H groups in total. The molecule has 21 heavy (non-hydrogen) atoms. The fourth-order valence-corrected chi connectivity index (χ4v) is 3.81. The smallest absolute Gasteiger partial charge is 0.253 e. The van der Waals surface area contributed by atoms with Gasteiger partial charge in [0.15, 0.2) is 0 Å². The quantitative estimate of drug-likeness (QED) is 0.925. The molecule has 4 nitrogen and oxygen atoms in total. The second-order valence-corrected chi connectivity index (χ2v) is 6.50. The Morgan fingerprint density at radius 3 is 2.76 bits per heavy atom. The van der Waals surface area contributed by atoms with E-state index in [-0.39, 0.29) is 5.91 Å². The van der Waals surface area contributed by atoms with Gasteiger partial charge >= 0.3 is 0 Å². The van der Waals surface area contributed by atoms with Crippen LogP contribution >= 0.6 is 11.6 Å². The van der Waals surface area contributed by atoms with Gasteiger partial charge in [-0.15, -0.1) is 0 Å². The van der Waals surface area contributed by atoms with Crippen molar-refractivity contribution < 1.29 is 4.79 Å². The molecule has 2 aromatic heterocycles. The molecule has 3 aliphatic rings. The Kier molecular flexibility index (Phi) is 3.16. The van der Waals surface area contributed by atoms with E-state index in [1.165, 1.54) is 25.9 Å². The summed E-state index contributed by atoms with van der Waals surface area (Å²) in [7, 11) is 0. The van der Waals surface area contributed by atoms with Gasteiger partial charge in [-0.05, 0) is 50.0 Å². The van der Waals surface area contributed by atoms with Gasteiger partial charge in [-0.2, -0.15) is 0 Å². The first-order valence-corrected chi connectivity index (χ1v) is 7.88. The van der Waals surface area contributed by atoms with Crippen LogP contribution in [0.15, 0.2) is 30.6 Å². The Balaban J connectivity index is 1.53. The van der Waals surface area contributed by atoms with Crippen LogP contribution < -0.4 is 5.32 Å². The molecule has 3 saturated heterocycles. The lowest BCUT2D eigenvalue weighted by atomic mass is 9.84. The summed E-state index contributed by atoms with van der Waals surface area (Å²) in [6, 6.07) is 5.88. The van der Waals surface area contributed by atoms with E-state index in [4.69, 9.17) is 11.6 Å². The van der Waals surface area contributed by atoms with Crippen molar-refractivity contribution in [3.63, 3.8) is 0 Å². The van der Waals surface area contributed by atoms with Gasteiger partial charge in [0.25, 0.3) is 5.91 Å². The number of amides is 1. The van der Waals surface area contributed by atoms with Gasteiger partial charge in [-0.1, -0.05) is 11.6 Å². The number of fused-ring (bicyclic) bond motifs is 4. The predicted molar refractivity (Wildman–Crippen MR) is 82.8 cm³/mol. The number of nitrogens with zero attached hydrogens (tertiary/aromatic N) is 2. The number of aromatic nitrogens is 1. The van der Waals surface area contributed by atoms with Crippen LogP contribution in [0.3, 0.4) is 0 Å². The maximum absolute atomic E-state index is 12.5. The molecule has 110 valence electrons. The molecule has 0 radical (unpaired) electrons. The molecule has 0 aliphatic carbocycles. The molecule has 1 unspecified atom stereocenters. The van der Waals surface area contributed by atoms with Crippen molar-refractivity contribution in [2.75, 3.05) is 19.6 Å². The Labute approximate surface area is 128 Å². The van der Waals surface area contributed by atoms with Crippen molar-refractivity contribution >= 4 is 23.0 Å². The van der Waals surface area contributed by atoms with Crippen molar-refractivity contribution in [2.45, 2.75) is 18.9 Å². The number of hydrogen-bond acceptors (Lipinski definition) is 2. The SMILES string of the molecule is O=C(NC1CN2CCC1CC2)c1ccc2c(Cl)ccn2c1. The molecule has 0 aromatic carbocycles. The fourth-order valence-electron chi connectivity index (χ4n) is 3.59. The molecule has 5 rings (SSSR count). The van der Waals surface area contributed by atoms with Crippen LogP contribution in [0.2, 0.25) is 5.02 Å². The van der Waals surface area contributed by atoms with E-state index in [9.17, 15) is 4.79 Å². The van der Waals surface area contributed by atoms with Crippen LogP contribution in [-0.4, -0.2) is 40.9 Å². The third-order valence-corrected chi connectivity index (χ3v) is 5.16. The van der Waals surface area contributed by atoms with E-state index in [0.29, 0.717) is 22.5 Å². The molecule has 2 bridgehead atoms. The lowest BCUT2D eigenvalue weighted by Crippen LogP contribution is -2.57. The van der Waals surface area contributed by atoms with Crippen LogP contribution in [0.4, 0.5) is 0 Å². The maximum Gasteiger partial charge on any atom is 0.253 e. The highest BCUT2D eigenvalue weighted by Crippen LogP contribution is 2.27. The first-order valence-electron chi connectivity index (χ1n) is 7.50. The predicted octanol–water partition coefficient (Wildman–Crippen LogP) is 2.42. The highest BCUT2D eigenvalue weighted by molar-refractivity contribution is 6.34. The second kappa shape index (κ2) is 5.04.